The molecule has 0 bridgehead atoms. The van der Waals surface area contributed by atoms with Crippen LogP contribution in [-0.2, 0) is 4.79 Å². The molecule has 0 saturated carbocycles. The summed E-state index contributed by atoms with van der Waals surface area (Å²) in [6, 6.07) is 0. The predicted molar refractivity (Wildman–Crippen MR) is 44.1 cm³/mol. The SMILES string of the molecule is CCCCC(CO)C(=O)S. The van der Waals surface area contributed by atoms with Crippen molar-refractivity contribution in [2.24, 2.45) is 5.92 Å². The number of aliphatic hydroxyl groups is 1. The number of aliphatic hydroxyl groups excluding tert-OH is 1. The lowest BCUT2D eigenvalue weighted by molar-refractivity contribution is -0.115. The maximum absolute atomic E-state index is 10.6. The van der Waals surface area contributed by atoms with Gasteiger partial charge in [0.25, 0.3) is 0 Å². The van der Waals surface area contributed by atoms with Gasteiger partial charge in [0, 0.05) is 0 Å². The normalized spacial score (nSPS) is 13.1. The topological polar surface area (TPSA) is 37.3 Å². The number of hydrogen-bond donors (Lipinski definition) is 2. The maximum Gasteiger partial charge on any atom is 0.191 e. The number of thiol groups is 1. The van der Waals surface area contributed by atoms with Crippen molar-refractivity contribution in [1.82, 2.24) is 0 Å². The Kier molecular flexibility index (Phi) is 5.73. The summed E-state index contributed by atoms with van der Waals surface area (Å²) >= 11 is 3.65. The summed E-state index contributed by atoms with van der Waals surface area (Å²) in [6.07, 6.45) is 2.80. The summed E-state index contributed by atoms with van der Waals surface area (Å²) in [5.41, 5.74) is 0. The van der Waals surface area contributed by atoms with Crippen molar-refractivity contribution in [3.63, 3.8) is 0 Å². The highest BCUT2D eigenvalue weighted by Crippen LogP contribution is 2.10. The molecule has 2 nitrogen and oxygen atoms in total. The van der Waals surface area contributed by atoms with Gasteiger partial charge in [-0.3, -0.25) is 4.79 Å². The van der Waals surface area contributed by atoms with E-state index in [1.54, 1.807) is 0 Å². The smallest absolute Gasteiger partial charge is 0.191 e. The van der Waals surface area contributed by atoms with Gasteiger partial charge in [0.05, 0.1) is 12.5 Å². The largest absolute Gasteiger partial charge is 0.396 e. The summed E-state index contributed by atoms with van der Waals surface area (Å²) in [5, 5.41) is 8.46. The van der Waals surface area contributed by atoms with Crippen LogP contribution in [0.1, 0.15) is 26.2 Å². The molecule has 0 aliphatic rings. The Morgan fingerprint density at radius 3 is 2.60 bits per heavy atom. The fourth-order valence-corrected chi connectivity index (χ4v) is 0.954. The fraction of sp³-hybridized carbons (Fsp3) is 0.857. The standard InChI is InChI=1S/C7H14O2S/c1-2-3-4-6(5-8)7(9)10/h6,8H,2-5H2,1H3,(H,9,10). The number of carbonyl (C=O) groups excluding carboxylic acids is 1. The molecule has 0 radical (unpaired) electrons. The molecular formula is C7H14O2S. The van der Waals surface area contributed by atoms with Crippen LogP contribution < -0.4 is 0 Å². The Morgan fingerprint density at radius 2 is 2.30 bits per heavy atom. The van der Waals surface area contributed by atoms with Crippen LogP contribution in [0.5, 0.6) is 0 Å². The fourth-order valence-electron chi connectivity index (χ4n) is 0.743. The molecule has 60 valence electrons. The first-order valence-corrected chi connectivity index (χ1v) is 4.00. The zero-order chi connectivity index (χ0) is 7.98. The minimum Gasteiger partial charge on any atom is -0.396 e. The van der Waals surface area contributed by atoms with Gasteiger partial charge in [0.15, 0.2) is 5.12 Å². The Balaban J connectivity index is 3.50. The van der Waals surface area contributed by atoms with Crippen LogP contribution in [0.4, 0.5) is 0 Å². The van der Waals surface area contributed by atoms with E-state index in [0.29, 0.717) is 0 Å². The Labute approximate surface area is 67.0 Å². The highest BCUT2D eigenvalue weighted by Gasteiger charge is 2.11. The van der Waals surface area contributed by atoms with Crippen molar-refractivity contribution >= 4 is 17.7 Å². The highest BCUT2D eigenvalue weighted by molar-refractivity contribution is 7.96. The van der Waals surface area contributed by atoms with Gasteiger partial charge >= 0.3 is 0 Å². The van der Waals surface area contributed by atoms with E-state index in [1.165, 1.54) is 0 Å². The molecule has 0 spiro atoms. The molecule has 0 saturated heterocycles. The molecule has 0 aromatic rings. The van der Waals surface area contributed by atoms with Crippen molar-refractivity contribution in [1.29, 1.82) is 0 Å². The Bertz CT molecular complexity index is 104. The van der Waals surface area contributed by atoms with Gasteiger partial charge in [-0.1, -0.05) is 19.8 Å². The summed E-state index contributed by atoms with van der Waals surface area (Å²) < 4.78 is 0. The second-order valence-electron chi connectivity index (χ2n) is 2.36. The third-order valence-electron chi connectivity index (χ3n) is 1.48. The van der Waals surface area contributed by atoms with Crippen molar-refractivity contribution in [3.8, 4) is 0 Å². The van der Waals surface area contributed by atoms with E-state index in [9.17, 15) is 4.79 Å². The minimum absolute atomic E-state index is 0.0671. The second-order valence-corrected chi connectivity index (χ2v) is 2.80. The van der Waals surface area contributed by atoms with Gasteiger partial charge in [-0.15, -0.1) is 12.6 Å². The highest BCUT2D eigenvalue weighted by atomic mass is 32.1. The van der Waals surface area contributed by atoms with Gasteiger partial charge in [-0.05, 0) is 6.42 Å². The summed E-state index contributed by atoms with van der Waals surface area (Å²) in [5.74, 6) is -0.247. The van der Waals surface area contributed by atoms with E-state index in [2.05, 4.69) is 19.6 Å². The lowest BCUT2D eigenvalue weighted by Gasteiger charge is -2.07. The summed E-state index contributed by atoms with van der Waals surface area (Å²) in [7, 11) is 0. The molecule has 0 aliphatic heterocycles. The lowest BCUT2D eigenvalue weighted by Crippen LogP contribution is -2.13. The van der Waals surface area contributed by atoms with Crippen LogP contribution in [0.25, 0.3) is 0 Å². The first kappa shape index (κ1) is 9.98. The first-order chi connectivity index (χ1) is 4.72. The van der Waals surface area contributed by atoms with E-state index >= 15 is 0 Å². The van der Waals surface area contributed by atoms with Crippen LogP contribution in [0, 0.1) is 5.92 Å². The molecule has 10 heavy (non-hydrogen) atoms. The molecule has 0 heterocycles. The monoisotopic (exact) mass is 162 g/mol. The lowest BCUT2D eigenvalue weighted by atomic mass is 10.1. The predicted octanol–water partition coefficient (Wildman–Crippen LogP) is 1.24. The van der Waals surface area contributed by atoms with Crippen molar-refractivity contribution < 1.29 is 9.90 Å². The number of unbranched alkanes of at least 4 members (excludes halogenated alkanes) is 1. The van der Waals surface area contributed by atoms with Crippen LogP contribution >= 0.6 is 12.6 Å². The first-order valence-electron chi connectivity index (χ1n) is 3.56. The molecule has 1 unspecified atom stereocenters. The number of rotatable bonds is 5. The van der Waals surface area contributed by atoms with Crippen molar-refractivity contribution in [2.45, 2.75) is 26.2 Å². The molecular weight excluding hydrogens is 148 g/mol. The summed E-state index contributed by atoms with van der Waals surface area (Å²) in [4.78, 5) is 10.6. The third-order valence-corrected chi connectivity index (χ3v) is 1.84. The van der Waals surface area contributed by atoms with Crippen molar-refractivity contribution in [2.75, 3.05) is 6.61 Å². The van der Waals surface area contributed by atoms with Crippen molar-refractivity contribution in [3.05, 3.63) is 0 Å². The van der Waals surface area contributed by atoms with E-state index in [-0.39, 0.29) is 17.6 Å². The molecule has 0 aromatic heterocycles. The average Bonchev–Trinajstić information content (AvgIpc) is 1.89. The van der Waals surface area contributed by atoms with Gasteiger partial charge in [-0.25, -0.2) is 0 Å². The number of hydrogen-bond acceptors (Lipinski definition) is 2. The molecule has 0 fully saturated rings. The molecule has 0 rings (SSSR count). The summed E-state index contributed by atoms with van der Waals surface area (Å²) in [6.45, 7) is 1.99. The van der Waals surface area contributed by atoms with Gasteiger partial charge in [-0.2, -0.15) is 0 Å². The zero-order valence-corrected chi connectivity index (χ0v) is 7.10. The van der Waals surface area contributed by atoms with Crippen LogP contribution in [-0.4, -0.2) is 16.8 Å². The molecule has 0 aromatic carbocycles. The molecule has 1 atom stereocenters. The van der Waals surface area contributed by atoms with Gasteiger partial charge < -0.3 is 5.11 Å². The van der Waals surface area contributed by atoms with E-state index in [4.69, 9.17) is 5.11 Å². The van der Waals surface area contributed by atoms with Crippen LogP contribution in [0.15, 0.2) is 0 Å². The number of carbonyl (C=O) groups is 1. The van der Waals surface area contributed by atoms with Crippen LogP contribution in [0.3, 0.4) is 0 Å². The van der Waals surface area contributed by atoms with E-state index in [0.717, 1.165) is 19.3 Å². The maximum atomic E-state index is 10.6. The van der Waals surface area contributed by atoms with E-state index < -0.39 is 0 Å². The van der Waals surface area contributed by atoms with E-state index in [1.807, 2.05) is 0 Å². The molecule has 1 N–H and O–H groups in total. The molecule has 0 aliphatic carbocycles. The van der Waals surface area contributed by atoms with Gasteiger partial charge in [0.2, 0.25) is 0 Å². The quantitative estimate of drug-likeness (QED) is 0.597. The minimum atomic E-state index is -0.247. The third kappa shape index (κ3) is 3.90. The second kappa shape index (κ2) is 5.74. The van der Waals surface area contributed by atoms with Crippen LogP contribution in [0.2, 0.25) is 0 Å². The molecule has 0 amide bonds. The Hall–Kier alpha value is -0.0200. The Morgan fingerprint density at radius 1 is 1.70 bits per heavy atom. The zero-order valence-electron chi connectivity index (χ0n) is 6.21. The average molecular weight is 162 g/mol. The molecule has 3 heteroatoms. The van der Waals surface area contributed by atoms with Gasteiger partial charge in [0.1, 0.15) is 0 Å².